The van der Waals surface area contributed by atoms with Gasteiger partial charge in [-0.15, -0.1) is 23.1 Å². The standard InChI is InChI=1S/C13H16FN3S2/c1-9-16-11(7-18-9)6-12(17-15)8-19-13-4-2-3-10(14)5-13/h2-5,7,12,17H,6,8,15H2,1H3. The molecule has 0 amide bonds. The van der Waals surface area contributed by atoms with Crippen LogP contribution in [0.25, 0.3) is 0 Å². The predicted octanol–water partition coefficient (Wildman–Crippen LogP) is 2.76. The molecule has 1 atom stereocenters. The second-order valence-corrected chi connectivity index (χ2v) is 6.35. The second kappa shape index (κ2) is 7.00. The van der Waals surface area contributed by atoms with Gasteiger partial charge in [-0.1, -0.05) is 6.07 Å². The monoisotopic (exact) mass is 297 g/mol. The lowest BCUT2D eigenvalue weighted by Gasteiger charge is -2.14. The van der Waals surface area contributed by atoms with Crippen molar-refractivity contribution in [3.63, 3.8) is 0 Å². The molecule has 0 aliphatic rings. The van der Waals surface area contributed by atoms with Gasteiger partial charge in [-0.2, -0.15) is 0 Å². The molecule has 3 N–H and O–H groups in total. The fourth-order valence-electron chi connectivity index (χ4n) is 1.67. The van der Waals surface area contributed by atoms with Gasteiger partial charge < -0.3 is 0 Å². The number of hydrogen-bond donors (Lipinski definition) is 2. The van der Waals surface area contributed by atoms with E-state index >= 15 is 0 Å². The molecule has 0 bridgehead atoms. The first-order valence-corrected chi connectivity index (χ1v) is 7.79. The van der Waals surface area contributed by atoms with Crippen molar-refractivity contribution in [2.75, 3.05) is 5.75 Å². The Hall–Kier alpha value is -0.950. The van der Waals surface area contributed by atoms with E-state index in [1.165, 1.54) is 12.1 Å². The molecule has 0 aliphatic heterocycles. The van der Waals surface area contributed by atoms with Crippen molar-refractivity contribution >= 4 is 23.1 Å². The van der Waals surface area contributed by atoms with Gasteiger partial charge in [-0.3, -0.25) is 11.3 Å². The molecule has 0 saturated carbocycles. The van der Waals surface area contributed by atoms with Crippen LogP contribution in [0.15, 0.2) is 34.5 Å². The van der Waals surface area contributed by atoms with E-state index in [0.29, 0.717) is 0 Å². The zero-order chi connectivity index (χ0) is 13.7. The lowest BCUT2D eigenvalue weighted by Crippen LogP contribution is -2.38. The maximum Gasteiger partial charge on any atom is 0.124 e. The Labute approximate surface area is 120 Å². The van der Waals surface area contributed by atoms with Gasteiger partial charge in [0, 0.05) is 28.5 Å². The number of benzene rings is 1. The Bertz CT molecular complexity index is 530. The highest BCUT2D eigenvalue weighted by Gasteiger charge is 2.10. The van der Waals surface area contributed by atoms with Crippen molar-refractivity contribution in [1.82, 2.24) is 10.4 Å². The number of nitrogens with two attached hydrogens (primary N) is 1. The van der Waals surface area contributed by atoms with Crippen molar-refractivity contribution in [1.29, 1.82) is 0 Å². The molecule has 0 fully saturated rings. The number of hydrogen-bond acceptors (Lipinski definition) is 5. The number of thiazole rings is 1. The van der Waals surface area contributed by atoms with E-state index in [9.17, 15) is 4.39 Å². The Morgan fingerprint density at radius 2 is 2.37 bits per heavy atom. The number of aryl methyl sites for hydroxylation is 1. The first kappa shape index (κ1) is 14.5. The maximum absolute atomic E-state index is 13.1. The first-order valence-electron chi connectivity index (χ1n) is 5.93. The van der Waals surface area contributed by atoms with Crippen molar-refractivity contribution in [2.24, 2.45) is 5.84 Å². The summed E-state index contributed by atoms with van der Waals surface area (Å²) in [6.07, 6.45) is 0.781. The summed E-state index contributed by atoms with van der Waals surface area (Å²) < 4.78 is 13.1. The van der Waals surface area contributed by atoms with Gasteiger partial charge in [0.05, 0.1) is 10.7 Å². The first-order chi connectivity index (χ1) is 9.17. The minimum atomic E-state index is -0.211. The smallest absolute Gasteiger partial charge is 0.124 e. The van der Waals surface area contributed by atoms with Crippen LogP contribution in [-0.2, 0) is 6.42 Å². The molecule has 1 heterocycles. The number of rotatable bonds is 6. The van der Waals surface area contributed by atoms with Crippen LogP contribution < -0.4 is 11.3 Å². The van der Waals surface area contributed by atoms with Gasteiger partial charge in [0.2, 0.25) is 0 Å². The minimum absolute atomic E-state index is 0.120. The molecule has 1 aromatic heterocycles. The summed E-state index contributed by atoms with van der Waals surface area (Å²) in [5, 5.41) is 3.11. The van der Waals surface area contributed by atoms with Crippen molar-refractivity contribution < 1.29 is 4.39 Å². The van der Waals surface area contributed by atoms with Crippen LogP contribution in [0.1, 0.15) is 10.7 Å². The van der Waals surface area contributed by atoms with E-state index < -0.39 is 0 Å². The number of nitrogens with one attached hydrogen (secondary N) is 1. The van der Waals surface area contributed by atoms with Gasteiger partial charge >= 0.3 is 0 Å². The molecule has 0 spiro atoms. The van der Waals surface area contributed by atoms with E-state index in [1.807, 2.05) is 18.4 Å². The molecule has 19 heavy (non-hydrogen) atoms. The molecule has 2 rings (SSSR count). The predicted molar refractivity (Wildman–Crippen MR) is 78.8 cm³/mol. The SMILES string of the molecule is Cc1nc(CC(CSc2cccc(F)c2)NN)cs1. The van der Waals surface area contributed by atoms with Crippen LogP contribution >= 0.6 is 23.1 Å². The molecule has 3 nitrogen and oxygen atoms in total. The maximum atomic E-state index is 13.1. The summed E-state index contributed by atoms with van der Waals surface area (Å²) >= 11 is 3.22. The molecule has 6 heteroatoms. The summed E-state index contributed by atoms with van der Waals surface area (Å²) in [6.45, 7) is 1.99. The zero-order valence-electron chi connectivity index (χ0n) is 10.6. The van der Waals surface area contributed by atoms with Gasteiger partial charge in [0.25, 0.3) is 0 Å². The number of halogens is 1. The number of aromatic nitrogens is 1. The highest BCUT2D eigenvalue weighted by molar-refractivity contribution is 7.99. The van der Waals surface area contributed by atoms with Crippen LogP contribution in [-0.4, -0.2) is 16.8 Å². The molecular weight excluding hydrogens is 281 g/mol. The van der Waals surface area contributed by atoms with Crippen LogP contribution in [0.2, 0.25) is 0 Å². The third-order valence-corrected chi connectivity index (χ3v) is 4.58. The normalized spacial score (nSPS) is 12.6. The Kier molecular flexibility index (Phi) is 5.33. The quantitative estimate of drug-likeness (QED) is 0.489. The Balaban J connectivity index is 1.89. The van der Waals surface area contributed by atoms with Crippen LogP contribution in [0, 0.1) is 12.7 Å². The van der Waals surface area contributed by atoms with Crippen molar-refractivity contribution in [3.05, 3.63) is 46.2 Å². The van der Waals surface area contributed by atoms with Gasteiger partial charge in [0.1, 0.15) is 5.82 Å². The fraction of sp³-hybridized carbons (Fsp3) is 0.308. The summed E-state index contributed by atoms with van der Waals surface area (Å²) in [6, 6.07) is 6.71. The van der Waals surface area contributed by atoms with Gasteiger partial charge in [-0.25, -0.2) is 9.37 Å². The fourth-order valence-corrected chi connectivity index (χ4v) is 3.28. The Morgan fingerprint density at radius 3 is 3.00 bits per heavy atom. The van der Waals surface area contributed by atoms with Crippen LogP contribution in [0.3, 0.4) is 0 Å². The molecule has 0 radical (unpaired) electrons. The number of thioether (sulfide) groups is 1. The molecule has 1 aromatic carbocycles. The third-order valence-electron chi connectivity index (χ3n) is 2.61. The van der Waals surface area contributed by atoms with Crippen LogP contribution in [0.4, 0.5) is 4.39 Å². The summed E-state index contributed by atoms with van der Waals surface area (Å²) in [5.74, 6) is 6.12. The summed E-state index contributed by atoms with van der Waals surface area (Å²) in [4.78, 5) is 5.33. The molecule has 0 saturated heterocycles. The average molecular weight is 297 g/mol. The third kappa shape index (κ3) is 4.58. The molecule has 2 aromatic rings. The highest BCUT2D eigenvalue weighted by Crippen LogP contribution is 2.20. The summed E-state index contributed by atoms with van der Waals surface area (Å²) in [5.41, 5.74) is 3.84. The molecule has 0 aliphatic carbocycles. The lowest BCUT2D eigenvalue weighted by molar-refractivity contribution is 0.570. The van der Waals surface area contributed by atoms with E-state index in [4.69, 9.17) is 5.84 Å². The van der Waals surface area contributed by atoms with Crippen molar-refractivity contribution in [2.45, 2.75) is 24.3 Å². The second-order valence-electron chi connectivity index (χ2n) is 4.19. The van der Waals surface area contributed by atoms with Gasteiger partial charge in [-0.05, 0) is 25.1 Å². The van der Waals surface area contributed by atoms with Gasteiger partial charge in [0.15, 0.2) is 0 Å². The Morgan fingerprint density at radius 1 is 1.53 bits per heavy atom. The number of nitrogens with zero attached hydrogens (tertiary/aromatic N) is 1. The van der Waals surface area contributed by atoms with E-state index in [1.54, 1.807) is 29.2 Å². The minimum Gasteiger partial charge on any atom is -0.271 e. The van der Waals surface area contributed by atoms with E-state index in [-0.39, 0.29) is 11.9 Å². The topological polar surface area (TPSA) is 50.9 Å². The summed E-state index contributed by atoms with van der Waals surface area (Å²) in [7, 11) is 0. The molecule has 1 unspecified atom stereocenters. The van der Waals surface area contributed by atoms with Crippen LogP contribution in [0.5, 0.6) is 0 Å². The molecule has 102 valence electrons. The average Bonchev–Trinajstić information content (AvgIpc) is 2.80. The van der Waals surface area contributed by atoms with E-state index in [2.05, 4.69) is 10.4 Å². The lowest BCUT2D eigenvalue weighted by atomic mass is 10.2. The largest absolute Gasteiger partial charge is 0.271 e. The number of hydrazine groups is 1. The van der Waals surface area contributed by atoms with Crippen molar-refractivity contribution in [3.8, 4) is 0 Å². The highest BCUT2D eigenvalue weighted by atomic mass is 32.2. The zero-order valence-corrected chi connectivity index (χ0v) is 12.2. The van der Waals surface area contributed by atoms with E-state index in [0.717, 1.165) is 27.8 Å². The molecular formula is C13H16FN3S2.